The molecule has 0 atom stereocenters. The summed E-state index contributed by atoms with van der Waals surface area (Å²) in [5, 5.41) is 3.15. The van der Waals surface area contributed by atoms with Crippen LogP contribution in [0, 0.1) is 0 Å². The van der Waals surface area contributed by atoms with Crippen molar-refractivity contribution in [2.45, 2.75) is 26.7 Å². The first-order valence-electron chi connectivity index (χ1n) is 5.52. The molecule has 0 unspecified atom stereocenters. The number of aromatic nitrogens is 1. The van der Waals surface area contributed by atoms with Gasteiger partial charge >= 0.3 is 0 Å². The van der Waals surface area contributed by atoms with E-state index in [4.69, 9.17) is 0 Å². The Kier molecular flexibility index (Phi) is 5.05. The lowest BCUT2D eigenvalue weighted by Crippen LogP contribution is -2.08. The van der Waals surface area contributed by atoms with Crippen molar-refractivity contribution in [3.8, 4) is 0 Å². The van der Waals surface area contributed by atoms with E-state index >= 15 is 0 Å². The molecule has 0 amide bonds. The summed E-state index contributed by atoms with van der Waals surface area (Å²) in [5.74, 6) is 0. The van der Waals surface area contributed by atoms with Crippen LogP contribution >= 0.6 is 0 Å². The highest BCUT2D eigenvalue weighted by molar-refractivity contribution is 5.55. The van der Waals surface area contributed by atoms with Crippen LogP contribution in [-0.2, 0) is 6.42 Å². The topological polar surface area (TPSA) is 24.9 Å². The standard InChI is InChI=1S/C13H20N2/c1-4-5-12-6-7-15-10-13(12)8-11(2)9-14-3/h6-8,10,14H,4-5,9H2,1-3H3/b11-8+. The SMILES string of the molecule is CCCc1ccncc1/C=C(\C)CNC. The molecule has 1 heterocycles. The molecule has 2 heteroatoms. The average molecular weight is 204 g/mol. The van der Waals surface area contributed by atoms with Crippen LogP contribution in [0.4, 0.5) is 0 Å². The van der Waals surface area contributed by atoms with Gasteiger partial charge in [-0.2, -0.15) is 0 Å². The Labute approximate surface area is 92.4 Å². The highest BCUT2D eigenvalue weighted by atomic mass is 14.8. The number of nitrogens with one attached hydrogen (secondary N) is 1. The largest absolute Gasteiger partial charge is 0.316 e. The van der Waals surface area contributed by atoms with Gasteiger partial charge in [-0.1, -0.05) is 25.0 Å². The number of nitrogens with zero attached hydrogens (tertiary/aromatic N) is 1. The van der Waals surface area contributed by atoms with E-state index in [2.05, 4.69) is 36.3 Å². The molecule has 0 bridgehead atoms. The molecule has 0 aliphatic heterocycles. The maximum Gasteiger partial charge on any atom is 0.0343 e. The lowest BCUT2D eigenvalue weighted by atomic mass is 10.0. The van der Waals surface area contributed by atoms with Crippen molar-refractivity contribution < 1.29 is 0 Å². The normalized spacial score (nSPS) is 11.8. The zero-order valence-electron chi connectivity index (χ0n) is 9.88. The Hall–Kier alpha value is -1.15. The second-order valence-corrected chi connectivity index (χ2v) is 3.85. The van der Waals surface area contributed by atoms with E-state index in [1.165, 1.54) is 23.1 Å². The van der Waals surface area contributed by atoms with Gasteiger partial charge < -0.3 is 5.32 Å². The molecule has 0 spiro atoms. The molecule has 82 valence electrons. The number of likely N-dealkylation sites (N-methyl/N-ethyl adjacent to an activating group) is 1. The van der Waals surface area contributed by atoms with E-state index < -0.39 is 0 Å². The first-order valence-corrected chi connectivity index (χ1v) is 5.52. The first kappa shape index (κ1) is 11.9. The van der Waals surface area contributed by atoms with E-state index in [-0.39, 0.29) is 0 Å². The summed E-state index contributed by atoms with van der Waals surface area (Å²) < 4.78 is 0. The summed E-state index contributed by atoms with van der Waals surface area (Å²) >= 11 is 0. The second kappa shape index (κ2) is 6.36. The maximum atomic E-state index is 4.18. The molecular formula is C13H20N2. The summed E-state index contributed by atoms with van der Waals surface area (Å²) in [6, 6.07) is 2.11. The number of hydrogen-bond donors (Lipinski definition) is 1. The molecule has 0 aliphatic carbocycles. The van der Waals surface area contributed by atoms with Crippen LogP contribution in [-0.4, -0.2) is 18.6 Å². The van der Waals surface area contributed by atoms with Gasteiger partial charge in [0.15, 0.2) is 0 Å². The van der Waals surface area contributed by atoms with Crippen LogP contribution in [0.5, 0.6) is 0 Å². The van der Waals surface area contributed by atoms with Crippen LogP contribution in [0.1, 0.15) is 31.4 Å². The third-order valence-corrected chi connectivity index (χ3v) is 2.32. The monoisotopic (exact) mass is 204 g/mol. The van der Waals surface area contributed by atoms with E-state index in [9.17, 15) is 0 Å². The number of pyridine rings is 1. The Morgan fingerprint density at radius 2 is 2.33 bits per heavy atom. The number of aryl methyl sites for hydroxylation is 1. The maximum absolute atomic E-state index is 4.18. The van der Waals surface area contributed by atoms with Crippen LogP contribution in [0.15, 0.2) is 24.0 Å². The average Bonchev–Trinajstić information content (AvgIpc) is 2.21. The summed E-state index contributed by atoms with van der Waals surface area (Å²) in [6.07, 6.45) is 8.34. The smallest absolute Gasteiger partial charge is 0.0343 e. The molecule has 0 aromatic carbocycles. The molecular weight excluding hydrogens is 184 g/mol. The van der Waals surface area contributed by atoms with Gasteiger partial charge in [-0.15, -0.1) is 0 Å². The number of rotatable bonds is 5. The quantitative estimate of drug-likeness (QED) is 0.797. The second-order valence-electron chi connectivity index (χ2n) is 3.85. The summed E-state index contributed by atoms with van der Waals surface area (Å²) in [7, 11) is 1.97. The van der Waals surface area contributed by atoms with E-state index in [0.717, 1.165) is 13.0 Å². The minimum Gasteiger partial charge on any atom is -0.316 e. The molecule has 0 saturated heterocycles. The van der Waals surface area contributed by atoms with Gasteiger partial charge in [-0.05, 0) is 37.6 Å². The molecule has 15 heavy (non-hydrogen) atoms. The van der Waals surface area contributed by atoms with Gasteiger partial charge in [0.2, 0.25) is 0 Å². The lowest BCUT2D eigenvalue weighted by molar-refractivity contribution is 0.883. The van der Waals surface area contributed by atoms with Gasteiger partial charge in [-0.25, -0.2) is 0 Å². The Balaban J connectivity index is 2.87. The predicted octanol–water partition coefficient (Wildman–Crippen LogP) is 2.66. The van der Waals surface area contributed by atoms with Crippen molar-refractivity contribution in [3.05, 3.63) is 35.2 Å². The van der Waals surface area contributed by atoms with E-state index in [1.54, 1.807) is 0 Å². The molecule has 1 aromatic heterocycles. The van der Waals surface area contributed by atoms with Crippen molar-refractivity contribution in [2.75, 3.05) is 13.6 Å². The summed E-state index contributed by atoms with van der Waals surface area (Å²) in [5.41, 5.74) is 3.98. The van der Waals surface area contributed by atoms with Gasteiger partial charge in [-0.3, -0.25) is 4.98 Å². The third kappa shape index (κ3) is 3.84. The van der Waals surface area contributed by atoms with Crippen molar-refractivity contribution in [1.82, 2.24) is 10.3 Å². The molecule has 0 aliphatic rings. The van der Waals surface area contributed by atoms with Crippen LogP contribution in [0.25, 0.3) is 6.08 Å². The van der Waals surface area contributed by atoms with Gasteiger partial charge in [0.05, 0.1) is 0 Å². The molecule has 2 nitrogen and oxygen atoms in total. The van der Waals surface area contributed by atoms with Crippen molar-refractivity contribution in [2.24, 2.45) is 0 Å². The van der Waals surface area contributed by atoms with Crippen LogP contribution in [0.3, 0.4) is 0 Å². The fourth-order valence-electron chi connectivity index (χ4n) is 1.66. The Morgan fingerprint density at radius 3 is 3.00 bits per heavy atom. The Bertz CT molecular complexity index is 329. The molecule has 0 radical (unpaired) electrons. The molecule has 0 fully saturated rings. The molecule has 1 N–H and O–H groups in total. The van der Waals surface area contributed by atoms with Gasteiger partial charge in [0.1, 0.15) is 0 Å². The van der Waals surface area contributed by atoms with Gasteiger partial charge in [0, 0.05) is 18.9 Å². The fraction of sp³-hybridized carbons (Fsp3) is 0.462. The van der Waals surface area contributed by atoms with Gasteiger partial charge in [0.25, 0.3) is 0 Å². The molecule has 0 saturated carbocycles. The van der Waals surface area contributed by atoms with E-state index in [0.29, 0.717) is 0 Å². The summed E-state index contributed by atoms with van der Waals surface area (Å²) in [4.78, 5) is 4.18. The zero-order valence-corrected chi connectivity index (χ0v) is 9.88. The first-order chi connectivity index (χ1) is 7.27. The Morgan fingerprint density at radius 1 is 1.53 bits per heavy atom. The highest BCUT2D eigenvalue weighted by Gasteiger charge is 1.98. The lowest BCUT2D eigenvalue weighted by Gasteiger charge is -2.05. The predicted molar refractivity (Wildman–Crippen MR) is 65.8 cm³/mol. The minimum atomic E-state index is 0.931. The van der Waals surface area contributed by atoms with Crippen molar-refractivity contribution in [1.29, 1.82) is 0 Å². The van der Waals surface area contributed by atoms with Crippen LogP contribution < -0.4 is 5.32 Å². The minimum absolute atomic E-state index is 0.931. The summed E-state index contributed by atoms with van der Waals surface area (Å²) in [6.45, 7) is 5.27. The van der Waals surface area contributed by atoms with Crippen molar-refractivity contribution in [3.63, 3.8) is 0 Å². The zero-order chi connectivity index (χ0) is 11.1. The van der Waals surface area contributed by atoms with Crippen LogP contribution in [0.2, 0.25) is 0 Å². The third-order valence-electron chi connectivity index (χ3n) is 2.32. The fourth-order valence-corrected chi connectivity index (χ4v) is 1.66. The van der Waals surface area contributed by atoms with Crippen molar-refractivity contribution >= 4 is 6.08 Å². The number of hydrogen-bond acceptors (Lipinski definition) is 2. The van der Waals surface area contributed by atoms with E-state index in [1.807, 2.05) is 19.4 Å². The molecule has 1 rings (SSSR count). The molecule has 1 aromatic rings. The highest BCUT2D eigenvalue weighted by Crippen LogP contribution is 2.13.